The fraction of sp³-hybridized carbons (Fsp3) is 0. The Balaban J connectivity index is 0.000000276. The van der Waals surface area contributed by atoms with E-state index in [1.54, 1.807) is 109 Å². The Kier molecular flexibility index (Phi) is 15.9. The van der Waals surface area contributed by atoms with Gasteiger partial charge in [0.15, 0.2) is 24.8 Å². The largest absolute Gasteiger partial charge is 2.00 e. The van der Waals surface area contributed by atoms with E-state index in [9.17, 15) is 20.8 Å². The van der Waals surface area contributed by atoms with Crippen LogP contribution in [0.1, 0.15) is 0 Å². The molecule has 0 saturated carbocycles. The fourth-order valence-electron chi connectivity index (χ4n) is 3.95. The molecule has 0 atom stereocenters. The number of rotatable bonds is 4. The summed E-state index contributed by atoms with van der Waals surface area (Å²) in [7, 11) is -9.89. The zero-order valence-electron chi connectivity index (χ0n) is 25.4. The molecular formula is C30H22Cl2FeN6O12. The van der Waals surface area contributed by atoms with Crippen LogP contribution in [0.25, 0.3) is 45.6 Å². The van der Waals surface area contributed by atoms with Gasteiger partial charge in [-0.15, -0.1) is 20.5 Å². The summed E-state index contributed by atoms with van der Waals surface area (Å²) in [5.41, 5.74) is 3.91. The predicted octanol–water partition coefficient (Wildman–Crippen LogP) is -6.15. The zero-order valence-corrected chi connectivity index (χ0v) is 28.0. The molecule has 18 nitrogen and oxygen atoms in total. The smallest absolute Gasteiger partial charge is 0.618 e. The van der Waals surface area contributed by atoms with Crippen molar-refractivity contribution < 1.29 is 93.7 Å². The van der Waals surface area contributed by atoms with Crippen molar-refractivity contribution in [1.29, 1.82) is 0 Å². The van der Waals surface area contributed by atoms with E-state index in [1.807, 2.05) is 0 Å². The summed E-state index contributed by atoms with van der Waals surface area (Å²) in [6, 6.07) is 31.0. The van der Waals surface area contributed by atoms with E-state index in [0.29, 0.717) is 45.6 Å². The molecule has 6 aromatic heterocycles. The zero-order chi connectivity index (χ0) is 36.9. The van der Waals surface area contributed by atoms with Gasteiger partial charge < -0.3 is 20.8 Å². The SMILES string of the molecule is [Fe+2].[O-][Cl+3]([O-])([O-])[O-].[O-][Cl+3]([O-])([O-])[O-].[O-][n+]1ccccc1-c1cccc(-c2cccc[n+]2[O-])n1.[O-][n+]1ccccc1-c1cccc(-c2cccc[n+]2[O-])n1. The van der Waals surface area contributed by atoms with Crippen LogP contribution in [-0.4, -0.2) is 9.97 Å². The van der Waals surface area contributed by atoms with E-state index in [1.165, 1.54) is 24.8 Å². The molecule has 6 heterocycles. The topological polar surface area (TPSA) is 318 Å². The van der Waals surface area contributed by atoms with Gasteiger partial charge in [-0.25, -0.2) is 47.2 Å². The van der Waals surface area contributed by atoms with Crippen molar-refractivity contribution in [3.8, 4) is 45.6 Å². The second-order valence-electron chi connectivity index (χ2n) is 9.22. The van der Waals surface area contributed by atoms with Crippen LogP contribution >= 0.6 is 0 Å². The van der Waals surface area contributed by atoms with Gasteiger partial charge in [0, 0.05) is 48.5 Å². The predicted molar refractivity (Wildman–Crippen MR) is 146 cm³/mol. The van der Waals surface area contributed by atoms with Gasteiger partial charge in [-0.05, 0) is 48.5 Å². The maximum absolute atomic E-state index is 11.7. The minimum Gasteiger partial charge on any atom is -0.618 e. The van der Waals surface area contributed by atoms with Crippen LogP contribution in [0.3, 0.4) is 0 Å². The van der Waals surface area contributed by atoms with E-state index >= 15 is 0 Å². The molecule has 266 valence electrons. The monoisotopic (exact) mass is 784 g/mol. The third kappa shape index (κ3) is 14.7. The van der Waals surface area contributed by atoms with Crippen LogP contribution in [0.2, 0.25) is 0 Å². The summed E-state index contributed by atoms with van der Waals surface area (Å²) < 4.78 is 71.0. The van der Waals surface area contributed by atoms with Crippen LogP contribution < -0.4 is 56.2 Å². The van der Waals surface area contributed by atoms with Crippen molar-refractivity contribution in [2.24, 2.45) is 0 Å². The van der Waals surface area contributed by atoms with Crippen LogP contribution in [0.4, 0.5) is 0 Å². The summed E-state index contributed by atoms with van der Waals surface area (Å²) in [4.78, 5) is 8.79. The Morgan fingerprint density at radius 1 is 0.333 bits per heavy atom. The summed E-state index contributed by atoms with van der Waals surface area (Å²) >= 11 is 0. The van der Waals surface area contributed by atoms with Crippen LogP contribution in [-0.2, 0) is 17.1 Å². The Morgan fingerprint density at radius 2 is 0.529 bits per heavy atom. The molecule has 0 bridgehead atoms. The van der Waals surface area contributed by atoms with Crippen molar-refractivity contribution in [2.75, 3.05) is 0 Å². The minimum absolute atomic E-state index is 0. The van der Waals surface area contributed by atoms with Gasteiger partial charge in [0.1, 0.15) is 22.8 Å². The summed E-state index contributed by atoms with van der Waals surface area (Å²) in [5, 5.41) is 47.0. The molecule has 0 aromatic carbocycles. The average molecular weight is 785 g/mol. The third-order valence-corrected chi connectivity index (χ3v) is 5.84. The first-order chi connectivity index (χ1) is 23.5. The quantitative estimate of drug-likeness (QED) is 0.0913. The molecule has 0 radical (unpaired) electrons. The first-order valence-electron chi connectivity index (χ1n) is 13.4. The van der Waals surface area contributed by atoms with E-state index in [2.05, 4.69) is 9.97 Å². The van der Waals surface area contributed by atoms with Gasteiger partial charge in [0.05, 0.1) is 0 Å². The van der Waals surface area contributed by atoms with Gasteiger partial charge >= 0.3 is 17.1 Å². The number of hydrogen-bond acceptors (Lipinski definition) is 14. The molecule has 0 saturated heterocycles. The van der Waals surface area contributed by atoms with Gasteiger partial charge in [-0.3, -0.25) is 0 Å². The Morgan fingerprint density at radius 3 is 0.706 bits per heavy atom. The molecular weight excluding hydrogens is 763 g/mol. The van der Waals surface area contributed by atoms with Crippen molar-refractivity contribution in [3.05, 3.63) is 155 Å². The molecule has 6 aromatic rings. The van der Waals surface area contributed by atoms with Crippen molar-refractivity contribution >= 4 is 0 Å². The molecule has 6 rings (SSSR count). The summed E-state index contributed by atoms with van der Waals surface area (Å²) in [6.45, 7) is 0. The second kappa shape index (κ2) is 19.3. The maximum Gasteiger partial charge on any atom is 2.00 e. The normalized spacial score (nSPS) is 10.5. The molecule has 0 aliphatic rings. The van der Waals surface area contributed by atoms with Gasteiger partial charge in [-0.2, -0.15) is 18.9 Å². The number of pyridine rings is 6. The van der Waals surface area contributed by atoms with Crippen LogP contribution in [0.5, 0.6) is 0 Å². The van der Waals surface area contributed by atoms with Crippen LogP contribution in [0, 0.1) is 41.3 Å². The molecule has 0 N–H and O–H groups in total. The first-order valence-corrected chi connectivity index (χ1v) is 15.9. The van der Waals surface area contributed by atoms with Crippen molar-refractivity contribution in [2.45, 2.75) is 0 Å². The first kappa shape index (κ1) is 42.0. The summed E-state index contributed by atoms with van der Waals surface area (Å²) in [5.74, 6) is 0. The van der Waals surface area contributed by atoms with E-state index in [4.69, 9.17) is 37.3 Å². The molecule has 0 amide bonds. The molecule has 0 unspecified atom stereocenters. The molecule has 51 heavy (non-hydrogen) atoms. The fourth-order valence-corrected chi connectivity index (χ4v) is 3.95. The number of nitrogens with zero attached hydrogens (tertiary/aromatic N) is 6. The maximum atomic E-state index is 11.7. The van der Waals surface area contributed by atoms with Crippen molar-refractivity contribution in [1.82, 2.24) is 9.97 Å². The van der Waals surface area contributed by atoms with E-state index < -0.39 is 20.5 Å². The Hall–Kier alpha value is -5.12. The van der Waals surface area contributed by atoms with E-state index in [-0.39, 0.29) is 17.1 Å². The van der Waals surface area contributed by atoms with Gasteiger partial charge in [0.2, 0.25) is 22.8 Å². The molecule has 0 spiro atoms. The number of aromatic nitrogens is 6. The van der Waals surface area contributed by atoms with Gasteiger partial charge in [-0.1, -0.05) is 12.1 Å². The van der Waals surface area contributed by atoms with Crippen molar-refractivity contribution in [3.63, 3.8) is 0 Å². The third-order valence-electron chi connectivity index (χ3n) is 5.84. The Bertz CT molecular complexity index is 1730. The average Bonchev–Trinajstić information content (AvgIpc) is 3.05. The molecule has 21 heteroatoms. The molecule has 0 aliphatic carbocycles. The Labute approximate surface area is 303 Å². The van der Waals surface area contributed by atoms with Crippen LogP contribution in [0.15, 0.2) is 134 Å². The standard InChI is InChI=1S/2C15H11N3O2.2ClHO4.Fe/c2*19-17-10-3-1-8-14(17)12-6-5-7-13(16-12)15-9-2-4-11-18(15)20;2*2-1(3,4)5;/h2*1-11H;2*(H,2,3,4,5);/q;;;;+2/p-2. The molecule has 0 aliphatic heterocycles. The minimum atomic E-state index is -4.94. The second-order valence-corrected chi connectivity index (χ2v) is 10.7. The van der Waals surface area contributed by atoms with E-state index in [0.717, 1.165) is 18.9 Å². The summed E-state index contributed by atoms with van der Waals surface area (Å²) in [6.07, 6.45) is 5.67. The molecule has 0 fully saturated rings. The number of hydrogen-bond donors (Lipinski definition) is 0. The van der Waals surface area contributed by atoms with Gasteiger partial charge in [0.25, 0.3) is 0 Å². The number of halogens is 2.